The van der Waals surface area contributed by atoms with E-state index in [-0.39, 0.29) is 0 Å². The maximum Gasteiger partial charge on any atom is 0.0130 e. The van der Waals surface area contributed by atoms with Crippen LogP contribution in [0.2, 0.25) is 0 Å². The van der Waals surface area contributed by atoms with E-state index >= 15 is 0 Å². The van der Waals surface area contributed by atoms with Crippen LogP contribution in [0, 0.1) is 12.3 Å². The van der Waals surface area contributed by atoms with Crippen molar-refractivity contribution in [3.8, 4) is 0 Å². The molecule has 0 saturated carbocycles. The molecule has 0 atom stereocenters. The summed E-state index contributed by atoms with van der Waals surface area (Å²) in [4.78, 5) is 0. The van der Waals surface area contributed by atoms with Gasteiger partial charge in [-0.25, -0.2) is 0 Å². The van der Waals surface area contributed by atoms with Crippen molar-refractivity contribution < 1.29 is 0 Å². The normalized spacial score (nSPS) is 16.6. The van der Waals surface area contributed by atoms with Crippen molar-refractivity contribution in [1.82, 2.24) is 0 Å². The zero-order chi connectivity index (χ0) is 9.97. The molecule has 14 heavy (non-hydrogen) atoms. The Morgan fingerprint density at radius 2 is 1.79 bits per heavy atom. The lowest BCUT2D eigenvalue weighted by Gasteiger charge is -2.13. The first kappa shape index (κ1) is 9.20. The molecule has 1 aromatic rings. The summed E-state index contributed by atoms with van der Waals surface area (Å²) in [6, 6.07) is 8.65. The predicted molar refractivity (Wildman–Crippen MR) is 60.7 cm³/mol. The number of rotatable bonds is 1. The van der Waals surface area contributed by atoms with E-state index in [1.165, 1.54) is 16.7 Å². The predicted octanol–water partition coefficient (Wildman–Crippen LogP) is 3.58. The highest BCUT2D eigenvalue weighted by Crippen LogP contribution is 2.25. The third kappa shape index (κ3) is 1.92. The summed E-state index contributed by atoms with van der Waals surface area (Å²) in [5.74, 6) is 0. The summed E-state index contributed by atoms with van der Waals surface area (Å²) in [6.45, 7) is 2.11. The van der Waals surface area contributed by atoms with Crippen molar-refractivity contribution in [2.24, 2.45) is 0 Å². The van der Waals surface area contributed by atoms with Gasteiger partial charge in [-0.1, -0.05) is 35.9 Å². The Balaban J connectivity index is 2.23. The molecule has 0 fully saturated rings. The summed E-state index contributed by atoms with van der Waals surface area (Å²) < 4.78 is 0. The highest BCUT2D eigenvalue weighted by atomic mass is 14.4. The summed E-state index contributed by atoms with van der Waals surface area (Å²) in [6.07, 6.45) is 4.99. The summed E-state index contributed by atoms with van der Waals surface area (Å²) >= 11 is 0. The molecule has 0 bridgehead atoms. The molecule has 0 aromatic heterocycles. The number of benzene rings is 1. The first-order valence-corrected chi connectivity index (χ1v) is 5.08. The van der Waals surface area contributed by atoms with E-state index in [4.69, 9.17) is 5.41 Å². The van der Waals surface area contributed by atoms with Crippen molar-refractivity contribution in [1.29, 1.82) is 5.41 Å². The quantitative estimate of drug-likeness (QED) is 0.691. The van der Waals surface area contributed by atoms with Gasteiger partial charge in [-0.05, 0) is 30.9 Å². The fraction of sp³-hybridized carbons (Fsp3) is 0.308. The van der Waals surface area contributed by atoms with Gasteiger partial charge in [-0.15, -0.1) is 0 Å². The van der Waals surface area contributed by atoms with E-state index in [1.54, 1.807) is 0 Å². The molecule has 0 heterocycles. The van der Waals surface area contributed by atoms with E-state index in [2.05, 4.69) is 37.3 Å². The van der Waals surface area contributed by atoms with Crippen molar-refractivity contribution >= 4 is 11.3 Å². The lowest BCUT2D eigenvalue weighted by atomic mass is 9.92. The van der Waals surface area contributed by atoms with Gasteiger partial charge in [0.05, 0.1) is 0 Å². The van der Waals surface area contributed by atoms with E-state index in [9.17, 15) is 0 Å². The number of hydrogen-bond acceptors (Lipinski definition) is 1. The molecule has 1 N–H and O–H groups in total. The van der Waals surface area contributed by atoms with Crippen LogP contribution in [0.25, 0.3) is 5.57 Å². The van der Waals surface area contributed by atoms with Gasteiger partial charge in [0.1, 0.15) is 0 Å². The van der Waals surface area contributed by atoms with E-state index in [0.29, 0.717) is 0 Å². The van der Waals surface area contributed by atoms with Crippen LogP contribution < -0.4 is 0 Å². The fourth-order valence-electron chi connectivity index (χ4n) is 1.77. The van der Waals surface area contributed by atoms with Crippen LogP contribution in [0.1, 0.15) is 30.4 Å². The highest BCUT2D eigenvalue weighted by molar-refractivity contribution is 5.88. The van der Waals surface area contributed by atoms with Crippen LogP contribution in [0.3, 0.4) is 0 Å². The van der Waals surface area contributed by atoms with Gasteiger partial charge in [-0.2, -0.15) is 0 Å². The SMILES string of the molecule is Cc1ccc(C2=CCC(=N)CC2)cc1. The van der Waals surface area contributed by atoms with Crippen LogP contribution in [0.4, 0.5) is 0 Å². The molecule has 0 radical (unpaired) electrons. The van der Waals surface area contributed by atoms with E-state index < -0.39 is 0 Å². The minimum atomic E-state index is 0.837. The average molecular weight is 185 g/mol. The van der Waals surface area contributed by atoms with Crippen LogP contribution in [-0.2, 0) is 0 Å². The molecule has 0 spiro atoms. The molecule has 0 aliphatic heterocycles. The summed E-state index contributed by atoms with van der Waals surface area (Å²) in [5, 5.41) is 7.53. The Labute approximate surface area is 85.0 Å². The summed E-state index contributed by atoms with van der Waals surface area (Å²) in [5.41, 5.74) is 4.89. The third-order valence-corrected chi connectivity index (χ3v) is 2.71. The molecule has 1 nitrogen and oxygen atoms in total. The molecular formula is C13H15N. The van der Waals surface area contributed by atoms with Crippen molar-refractivity contribution in [3.63, 3.8) is 0 Å². The lowest BCUT2D eigenvalue weighted by Crippen LogP contribution is -2.02. The smallest absolute Gasteiger partial charge is 0.0130 e. The zero-order valence-electron chi connectivity index (χ0n) is 8.51. The Hall–Kier alpha value is -1.37. The second-order valence-corrected chi connectivity index (χ2v) is 3.90. The molecule has 1 aliphatic rings. The van der Waals surface area contributed by atoms with Crippen molar-refractivity contribution in [3.05, 3.63) is 41.5 Å². The molecule has 1 heteroatoms. The topological polar surface area (TPSA) is 23.9 Å². The summed E-state index contributed by atoms with van der Waals surface area (Å²) in [7, 11) is 0. The van der Waals surface area contributed by atoms with Gasteiger partial charge in [0.15, 0.2) is 0 Å². The van der Waals surface area contributed by atoms with Gasteiger partial charge < -0.3 is 5.41 Å². The molecule has 0 saturated heterocycles. The Morgan fingerprint density at radius 3 is 2.36 bits per heavy atom. The monoisotopic (exact) mass is 185 g/mol. The van der Waals surface area contributed by atoms with Gasteiger partial charge in [-0.3, -0.25) is 0 Å². The zero-order valence-corrected chi connectivity index (χ0v) is 8.51. The van der Waals surface area contributed by atoms with Crippen LogP contribution in [0.5, 0.6) is 0 Å². The molecule has 2 rings (SSSR count). The van der Waals surface area contributed by atoms with Gasteiger partial charge in [0, 0.05) is 12.1 Å². The largest absolute Gasteiger partial charge is 0.309 e. The van der Waals surface area contributed by atoms with Crippen molar-refractivity contribution in [2.45, 2.75) is 26.2 Å². The second-order valence-electron chi connectivity index (χ2n) is 3.90. The van der Waals surface area contributed by atoms with Crippen LogP contribution in [-0.4, -0.2) is 5.71 Å². The number of hydrogen-bond donors (Lipinski definition) is 1. The third-order valence-electron chi connectivity index (χ3n) is 2.71. The molecule has 0 amide bonds. The Bertz CT molecular complexity index is 371. The Kier molecular flexibility index (Phi) is 2.49. The molecule has 1 aromatic carbocycles. The maximum atomic E-state index is 7.53. The molecule has 72 valence electrons. The lowest BCUT2D eigenvalue weighted by molar-refractivity contribution is 1.03. The molecule has 0 unspecified atom stereocenters. The first-order valence-electron chi connectivity index (χ1n) is 5.08. The number of allylic oxidation sites excluding steroid dienone is 2. The molecule has 1 aliphatic carbocycles. The van der Waals surface area contributed by atoms with Crippen LogP contribution in [0.15, 0.2) is 30.3 Å². The molecular weight excluding hydrogens is 170 g/mol. The standard InChI is InChI=1S/C13H15N/c1-10-2-4-11(5-3-10)12-6-8-13(14)9-7-12/h2-6,14H,7-9H2,1H3. The van der Waals surface area contributed by atoms with Gasteiger partial charge >= 0.3 is 0 Å². The van der Waals surface area contributed by atoms with E-state index in [0.717, 1.165) is 25.0 Å². The number of nitrogens with one attached hydrogen (secondary N) is 1. The first-order chi connectivity index (χ1) is 6.75. The van der Waals surface area contributed by atoms with Gasteiger partial charge in [0.25, 0.3) is 0 Å². The van der Waals surface area contributed by atoms with Crippen molar-refractivity contribution in [2.75, 3.05) is 0 Å². The van der Waals surface area contributed by atoms with Gasteiger partial charge in [0.2, 0.25) is 0 Å². The minimum Gasteiger partial charge on any atom is -0.309 e. The second kappa shape index (κ2) is 3.79. The minimum absolute atomic E-state index is 0.837. The maximum absolute atomic E-state index is 7.53. The average Bonchev–Trinajstić information content (AvgIpc) is 2.21. The Morgan fingerprint density at radius 1 is 1.07 bits per heavy atom. The highest BCUT2D eigenvalue weighted by Gasteiger charge is 2.08. The fourth-order valence-corrected chi connectivity index (χ4v) is 1.77. The number of aryl methyl sites for hydroxylation is 1. The van der Waals surface area contributed by atoms with Crippen LogP contribution >= 0.6 is 0 Å². The van der Waals surface area contributed by atoms with E-state index in [1.807, 2.05) is 0 Å².